The predicted molar refractivity (Wildman–Crippen MR) is 183 cm³/mol. The number of nitrogens with one attached hydrogen (secondary N) is 1. The molecule has 1 saturated carbocycles. The fourth-order valence-electron chi connectivity index (χ4n) is 8.15. The molecule has 8 nitrogen and oxygen atoms in total. The lowest BCUT2D eigenvalue weighted by Crippen LogP contribution is -2.51. The highest BCUT2D eigenvalue weighted by atomic mass is 19.1. The van der Waals surface area contributed by atoms with Gasteiger partial charge >= 0.3 is 6.01 Å². The van der Waals surface area contributed by atoms with E-state index in [0.29, 0.717) is 63.9 Å². The van der Waals surface area contributed by atoms with E-state index >= 15 is 8.78 Å². The number of rotatable bonds is 8. The second-order valence-corrected chi connectivity index (χ2v) is 14.2. The molecule has 0 spiro atoms. The van der Waals surface area contributed by atoms with Crippen molar-refractivity contribution in [2.45, 2.75) is 77.3 Å². The van der Waals surface area contributed by atoms with Gasteiger partial charge in [-0.2, -0.15) is 9.97 Å². The van der Waals surface area contributed by atoms with Crippen molar-refractivity contribution in [3.05, 3.63) is 47.2 Å². The van der Waals surface area contributed by atoms with E-state index in [0.717, 1.165) is 58.4 Å². The van der Waals surface area contributed by atoms with Gasteiger partial charge in [0.05, 0.1) is 12.0 Å². The Morgan fingerprint density at radius 3 is 2.50 bits per heavy atom. The van der Waals surface area contributed by atoms with Crippen LogP contribution in [0.1, 0.15) is 70.1 Å². The van der Waals surface area contributed by atoms with Gasteiger partial charge in [0.15, 0.2) is 5.82 Å². The minimum absolute atomic E-state index is 0.0406. The molecule has 48 heavy (non-hydrogen) atoms. The van der Waals surface area contributed by atoms with Gasteiger partial charge in [0.1, 0.15) is 34.3 Å². The fraction of sp³-hybridized carbons (Fsp3) is 0.500. The van der Waals surface area contributed by atoms with Gasteiger partial charge in [0.25, 0.3) is 0 Å². The Kier molecular flexibility index (Phi) is 8.08. The Labute approximate surface area is 279 Å². The molecule has 3 saturated heterocycles. The first kappa shape index (κ1) is 31.2. The molecule has 2 bridgehead atoms. The molecular weight excluding hydrogens is 610 g/mol. The molecule has 2 N–H and O–H groups in total. The van der Waals surface area contributed by atoms with Crippen LogP contribution in [0.2, 0.25) is 0 Å². The Morgan fingerprint density at radius 1 is 1.02 bits per heavy atom. The molecule has 2 aromatic carbocycles. The van der Waals surface area contributed by atoms with Crippen molar-refractivity contribution in [3.8, 4) is 34.9 Å². The summed E-state index contributed by atoms with van der Waals surface area (Å²) in [5.41, 5.74) is 1.15. The largest absolute Gasteiger partial charge is 0.508 e. The highest BCUT2D eigenvalue weighted by molar-refractivity contribution is 6.03. The van der Waals surface area contributed by atoms with Crippen molar-refractivity contribution in [1.82, 2.24) is 25.2 Å². The van der Waals surface area contributed by atoms with Gasteiger partial charge in [0, 0.05) is 42.7 Å². The SMILES string of the molecule is CC#Cc1nc(-c2cc(O)cc3ccc(F)c(CC)c23)c(F)c2nc(OCC3(CN4CCCCC4)CC3)nc(N3C[C@H]4CC[C@@H](C3)N4)c12. The third-order valence-corrected chi connectivity index (χ3v) is 10.7. The molecule has 250 valence electrons. The van der Waals surface area contributed by atoms with Gasteiger partial charge in [-0.1, -0.05) is 25.3 Å². The zero-order valence-electron chi connectivity index (χ0n) is 27.7. The van der Waals surface area contributed by atoms with E-state index in [1.54, 1.807) is 19.1 Å². The van der Waals surface area contributed by atoms with Crippen LogP contribution in [0.4, 0.5) is 14.6 Å². The molecule has 0 amide bonds. The Balaban J connectivity index is 1.29. The van der Waals surface area contributed by atoms with Gasteiger partial charge < -0.3 is 25.0 Å². The molecule has 4 aliphatic rings. The quantitative estimate of drug-likeness (QED) is 0.213. The van der Waals surface area contributed by atoms with Crippen molar-refractivity contribution >= 4 is 27.5 Å². The smallest absolute Gasteiger partial charge is 0.319 e. The number of nitrogens with zero attached hydrogens (tertiary/aromatic N) is 5. The van der Waals surface area contributed by atoms with Crippen LogP contribution in [0, 0.1) is 28.9 Å². The number of fused-ring (bicyclic) bond motifs is 4. The first-order valence-corrected chi connectivity index (χ1v) is 17.5. The number of pyridine rings is 1. The van der Waals surface area contributed by atoms with E-state index in [1.807, 2.05) is 6.92 Å². The summed E-state index contributed by atoms with van der Waals surface area (Å²) in [6.07, 6.45) is 8.47. The van der Waals surface area contributed by atoms with Crippen LogP contribution in [-0.4, -0.2) is 76.4 Å². The van der Waals surface area contributed by atoms with Gasteiger partial charge in [0.2, 0.25) is 0 Å². The summed E-state index contributed by atoms with van der Waals surface area (Å²) in [4.78, 5) is 19.3. The molecule has 0 unspecified atom stereocenters. The summed E-state index contributed by atoms with van der Waals surface area (Å²) in [6, 6.07) is 6.76. The number of halogens is 2. The van der Waals surface area contributed by atoms with E-state index < -0.39 is 5.82 Å². The number of hydrogen-bond donors (Lipinski definition) is 2. The first-order chi connectivity index (χ1) is 23.3. The van der Waals surface area contributed by atoms with E-state index in [2.05, 4.69) is 27.0 Å². The minimum Gasteiger partial charge on any atom is -0.508 e. The number of likely N-dealkylation sites (tertiary alicyclic amines) is 1. The van der Waals surface area contributed by atoms with E-state index in [-0.39, 0.29) is 34.2 Å². The highest BCUT2D eigenvalue weighted by Crippen LogP contribution is 2.47. The number of phenols is 1. The zero-order chi connectivity index (χ0) is 33.0. The van der Waals surface area contributed by atoms with Crippen molar-refractivity contribution < 1.29 is 18.6 Å². The Hall–Kier alpha value is -4.07. The van der Waals surface area contributed by atoms with Crippen LogP contribution in [0.15, 0.2) is 24.3 Å². The highest BCUT2D eigenvalue weighted by Gasteiger charge is 2.45. The second kappa shape index (κ2) is 12.4. The second-order valence-electron chi connectivity index (χ2n) is 14.2. The molecule has 0 radical (unpaired) electrons. The number of aromatic hydroxyl groups is 1. The Morgan fingerprint density at radius 2 is 1.79 bits per heavy atom. The van der Waals surface area contributed by atoms with Gasteiger partial charge in [-0.3, -0.25) is 0 Å². The van der Waals surface area contributed by atoms with Crippen molar-refractivity contribution in [2.24, 2.45) is 5.41 Å². The zero-order valence-corrected chi connectivity index (χ0v) is 27.7. The number of anilines is 1. The number of aromatic nitrogens is 3. The van der Waals surface area contributed by atoms with E-state index in [9.17, 15) is 5.11 Å². The lowest BCUT2D eigenvalue weighted by molar-refractivity contribution is 0.139. The summed E-state index contributed by atoms with van der Waals surface area (Å²) in [5.74, 6) is 5.50. The van der Waals surface area contributed by atoms with E-state index in [1.165, 1.54) is 31.4 Å². The van der Waals surface area contributed by atoms with Crippen LogP contribution < -0.4 is 15.0 Å². The number of hydrogen-bond acceptors (Lipinski definition) is 8. The molecule has 2 aromatic heterocycles. The van der Waals surface area contributed by atoms with Crippen LogP contribution in [0.25, 0.3) is 32.9 Å². The molecule has 5 heterocycles. The molecule has 8 rings (SSSR count). The van der Waals surface area contributed by atoms with Gasteiger partial charge in [-0.25, -0.2) is 13.8 Å². The third-order valence-electron chi connectivity index (χ3n) is 10.7. The van der Waals surface area contributed by atoms with Crippen LogP contribution in [0.3, 0.4) is 0 Å². The molecule has 1 aliphatic carbocycles. The molecule has 4 fully saturated rings. The maximum absolute atomic E-state index is 17.2. The average molecular weight is 653 g/mol. The van der Waals surface area contributed by atoms with Crippen LogP contribution in [0.5, 0.6) is 11.8 Å². The lowest BCUT2D eigenvalue weighted by atomic mass is 9.94. The lowest BCUT2D eigenvalue weighted by Gasteiger charge is -2.34. The average Bonchev–Trinajstić information content (AvgIpc) is 3.78. The number of phenolic OH excluding ortho intramolecular Hbond substituents is 1. The molecule has 3 aliphatic heterocycles. The summed E-state index contributed by atoms with van der Waals surface area (Å²) in [6.45, 7) is 8.73. The van der Waals surface area contributed by atoms with E-state index in [4.69, 9.17) is 19.7 Å². The maximum Gasteiger partial charge on any atom is 0.319 e. The number of benzene rings is 2. The summed E-state index contributed by atoms with van der Waals surface area (Å²) in [5, 5.41) is 16.0. The monoisotopic (exact) mass is 652 g/mol. The predicted octanol–water partition coefficient (Wildman–Crippen LogP) is 6.35. The number of piperidine rings is 1. The van der Waals surface area contributed by atoms with Crippen molar-refractivity contribution in [2.75, 3.05) is 44.2 Å². The van der Waals surface area contributed by atoms with Gasteiger partial charge in [-0.15, -0.1) is 0 Å². The van der Waals surface area contributed by atoms with Gasteiger partial charge in [-0.05, 0) is 105 Å². The minimum atomic E-state index is -0.675. The molecule has 2 atom stereocenters. The van der Waals surface area contributed by atoms with Crippen molar-refractivity contribution in [1.29, 1.82) is 0 Å². The number of aryl methyl sites for hydroxylation is 1. The molecule has 4 aromatic rings. The third kappa shape index (κ3) is 5.71. The molecular formula is C38H42F2N6O2. The normalized spacial score (nSPS) is 21.8. The summed E-state index contributed by atoms with van der Waals surface area (Å²) >= 11 is 0. The molecule has 10 heteroatoms. The number of piperazine rings is 1. The van der Waals surface area contributed by atoms with Crippen LogP contribution in [-0.2, 0) is 6.42 Å². The maximum atomic E-state index is 17.2. The standard InChI is InChI=1S/C38H42F2N6O2/c1-3-8-30-32-35(33(40)34(42-30)28-18-26(47)17-23-9-12-29(39)27(4-2)31(23)28)43-37(44-36(32)46-19-24-10-11-25(20-46)41-24)48-22-38(13-14-38)21-45-15-6-5-7-16-45/h9,12,17-18,24-25,41,47H,4-7,10-11,13-16,19-22H2,1-2H3/t24-,25+. The van der Waals surface area contributed by atoms with Crippen LogP contribution >= 0.6 is 0 Å². The summed E-state index contributed by atoms with van der Waals surface area (Å²) in [7, 11) is 0. The Bertz CT molecular complexity index is 1950. The fourth-order valence-corrected chi connectivity index (χ4v) is 8.15. The topological polar surface area (TPSA) is 86.6 Å². The van der Waals surface area contributed by atoms with Crippen molar-refractivity contribution in [3.63, 3.8) is 0 Å². The summed E-state index contributed by atoms with van der Waals surface area (Å²) < 4.78 is 38.7. The first-order valence-electron chi connectivity index (χ1n) is 17.5. The number of ether oxygens (including phenoxy) is 1.